The van der Waals surface area contributed by atoms with Crippen LogP contribution in [0.15, 0.2) is 28.6 Å². The third-order valence-electron chi connectivity index (χ3n) is 2.90. The number of rotatable bonds is 0. The van der Waals surface area contributed by atoms with Crippen LogP contribution in [-0.2, 0) is 9.84 Å². The summed E-state index contributed by atoms with van der Waals surface area (Å²) in [4.78, 5) is 4.55. The molecule has 3 rings (SSSR count). The van der Waals surface area contributed by atoms with Crippen molar-refractivity contribution in [2.75, 3.05) is 0 Å². The minimum absolute atomic E-state index is 0.274. The van der Waals surface area contributed by atoms with E-state index in [1.54, 1.807) is 18.3 Å². The van der Waals surface area contributed by atoms with Gasteiger partial charge in [-0.3, -0.25) is 4.98 Å². The summed E-state index contributed by atoms with van der Waals surface area (Å²) in [5.74, 6) is 0. The first-order chi connectivity index (χ1) is 8.40. The lowest BCUT2D eigenvalue weighted by Crippen LogP contribution is -1.95. The Morgan fingerprint density at radius 2 is 2.06 bits per heavy atom. The van der Waals surface area contributed by atoms with Crippen molar-refractivity contribution in [3.63, 3.8) is 0 Å². The molecular formula is C12H7BrClNO2S. The molecule has 0 atom stereocenters. The van der Waals surface area contributed by atoms with Gasteiger partial charge in [-0.1, -0.05) is 11.6 Å². The second-order valence-electron chi connectivity index (χ2n) is 4.13. The van der Waals surface area contributed by atoms with Crippen LogP contribution in [0.2, 0.25) is 5.02 Å². The van der Waals surface area contributed by atoms with Crippen molar-refractivity contribution in [1.29, 1.82) is 0 Å². The largest absolute Gasteiger partial charge is 0.256 e. The van der Waals surface area contributed by atoms with Crippen LogP contribution in [0.1, 0.15) is 11.1 Å². The van der Waals surface area contributed by atoms with Gasteiger partial charge in [-0.05, 0) is 40.5 Å². The summed E-state index contributed by atoms with van der Waals surface area (Å²) in [5.41, 5.74) is 2.15. The predicted octanol–water partition coefficient (Wildman–Crippen LogP) is 3.68. The van der Waals surface area contributed by atoms with Gasteiger partial charge in [0, 0.05) is 21.6 Å². The summed E-state index contributed by atoms with van der Waals surface area (Å²) >= 11 is 9.45. The van der Waals surface area contributed by atoms with E-state index in [-0.39, 0.29) is 4.90 Å². The maximum Gasteiger partial charge on any atom is 0.201 e. The minimum Gasteiger partial charge on any atom is -0.256 e. The highest BCUT2D eigenvalue weighted by molar-refractivity contribution is 9.15. The zero-order chi connectivity index (χ0) is 13.1. The number of aromatic nitrogens is 1. The molecule has 1 aromatic carbocycles. The topological polar surface area (TPSA) is 47.0 Å². The molecule has 0 N–H and O–H groups in total. The molecule has 1 aromatic heterocycles. The highest BCUT2D eigenvalue weighted by Gasteiger charge is 2.27. The van der Waals surface area contributed by atoms with Crippen LogP contribution in [0.3, 0.4) is 0 Å². The Kier molecular flexibility index (Phi) is 2.56. The molecule has 0 amide bonds. The standard InChI is InChI=1S/C12H7BrClNO2S/c1-6-4-15-10-2-7-9(13)5-18(16,17)11(7)3-8(10)12(6)14/h2-5H,1H3. The summed E-state index contributed by atoms with van der Waals surface area (Å²) in [5, 5.41) is 2.41. The van der Waals surface area contributed by atoms with Crippen molar-refractivity contribution in [3.05, 3.63) is 39.9 Å². The third kappa shape index (κ3) is 1.61. The Balaban J connectivity index is 2.48. The third-order valence-corrected chi connectivity index (χ3v) is 5.86. The first-order valence-corrected chi connectivity index (χ1v) is 7.83. The molecule has 2 heterocycles. The SMILES string of the molecule is Cc1cnc2cc3c(cc2c1Cl)S(=O)(=O)C=C3Br. The number of hydrogen-bond acceptors (Lipinski definition) is 3. The molecule has 0 radical (unpaired) electrons. The molecule has 0 saturated carbocycles. The van der Waals surface area contributed by atoms with E-state index in [0.717, 1.165) is 5.56 Å². The predicted molar refractivity (Wildman–Crippen MR) is 75.6 cm³/mol. The van der Waals surface area contributed by atoms with Crippen molar-refractivity contribution < 1.29 is 8.42 Å². The molecule has 0 fully saturated rings. The van der Waals surface area contributed by atoms with Gasteiger partial charge < -0.3 is 0 Å². The van der Waals surface area contributed by atoms with Crippen LogP contribution in [-0.4, -0.2) is 13.4 Å². The Morgan fingerprint density at radius 3 is 2.78 bits per heavy atom. The number of sulfone groups is 1. The van der Waals surface area contributed by atoms with E-state index in [2.05, 4.69) is 20.9 Å². The average Bonchev–Trinajstić information content (AvgIpc) is 2.53. The van der Waals surface area contributed by atoms with Crippen LogP contribution in [0, 0.1) is 6.92 Å². The van der Waals surface area contributed by atoms with Crippen LogP contribution < -0.4 is 0 Å². The second-order valence-corrected chi connectivity index (χ2v) is 7.13. The van der Waals surface area contributed by atoms with Gasteiger partial charge in [0.15, 0.2) is 0 Å². The van der Waals surface area contributed by atoms with Crippen molar-refractivity contribution >= 4 is 52.8 Å². The fourth-order valence-electron chi connectivity index (χ4n) is 1.97. The van der Waals surface area contributed by atoms with Crippen molar-refractivity contribution in [3.8, 4) is 0 Å². The maximum absolute atomic E-state index is 11.9. The molecule has 0 saturated heterocycles. The number of hydrogen-bond donors (Lipinski definition) is 0. The van der Waals surface area contributed by atoms with E-state index in [9.17, 15) is 8.42 Å². The molecule has 2 aromatic rings. The molecule has 0 spiro atoms. The maximum atomic E-state index is 11.9. The highest BCUT2D eigenvalue weighted by Crippen LogP contribution is 2.40. The lowest BCUT2D eigenvalue weighted by molar-refractivity contribution is 0.605. The minimum atomic E-state index is -3.37. The number of pyridine rings is 1. The molecule has 0 bridgehead atoms. The summed E-state index contributed by atoms with van der Waals surface area (Å²) in [6, 6.07) is 3.33. The zero-order valence-corrected chi connectivity index (χ0v) is 12.4. The van der Waals surface area contributed by atoms with Gasteiger partial charge in [0.25, 0.3) is 0 Å². The molecule has 92 valence electrons. The van der Waals surface area contributed by atoms with E-state index in [1.165, 1.54) is 5.41 Å². The van der Waals surface area contributed by atoms with E-state index in [1.807, 2.05) is 6.92 Å². The molecule has 18 heavy (non-hydrogen) atoms. The van der Waals surface area contributed by atoms with Crippen molar-refractivity contribution in [2.45, 2.75) is 11.8 Å². The highest BCUT2D eigenvalue weighted by atomic mass is 79.9. The van der Waals surface area contributed by atoms with E-state index >= 15 is 0 Å². The Labute approximate surface area is 118 Å². The fraction of sp³-hybridized carbons (Fsp3) is 0.0833. The summed E-state index contributed by atoms with van der Waals surface area (Å²) in [7, 11) is -3.37. The Bertz CT molecular complexity index is 828. The smallest absolute Gasteiger partial charge is 0.201 e. The number of benzene rings is 1. The summed E-state index contributed by atoms with van der Waals surface area (Å²) in [6.45, 7) is 1.84. The average molecular weight is 345 g/mol. The molecular weight excluding hydrogens is 338 g/mol. The normalized spacial score (nSPS) is 16.7. The van der Waals surface area contributed by atoms with Gasteiger partial charge in [-0.2, -0.15) is 0 Å². The van der Waals surface area contributed by atoms with Gasteiger partial charge in [0.2, 0.25) is 9.84 Å². The monoisotopic (exact) mass is 343 g/mol. The van der Waals surface area contributed by atoms with E-state index in [4.69, 9.17) is 11.6 Å². The zero-order valence-electron chi connectivity index (χ0n) is 9.24. The summed E-state index contributed by atoms with van der Waals surface area (Å²) in [6.07, 6.45) is 1.68. The summed E-state index contributed by atoms with van der Waals surface area (Å²) < 4.78 is 24.4. The van der Waals surface area contributed by atoms with Crippen LogP contribution >= 0.6 is 27.5 Å². The van der Waals surface area contributed by atoms with Gasteiger partial charge in [0.05, 0.1) is 20.8 Å². The number of halogens is 2. The molecule has 0 aliphatic carbocycles. The van der Waals surface area contributed by atoms with Gasteiger partial charge in [0.1, 0.15) is 0 Å². The fourth-order valence-corrected chi connectivity index (χ4v) is 4.65. The molecule has 1 aliphatic heterocycles. The quantitative estimate of drug-likeness (QED) is 0.732. The van der Waals surface area contributed by atoms with Gasteiger partial charge in [-0.15, -0.1) is 0 Å². The Hall–Kier alpha value is -0.910. The second kappa shape index (κ2) is 3.79. The van der Waals surface area contributed by atoms with Crippen molar-refractivity contribution in [2.24, 2.45) is 0 Å². The van der Waals surface area contributed by atoms with Gasteiger partial charge in [-0.25, -0.2) is 8.42 Å². The number of fused-ring (bicyclic) bond motifs is 2. The van der Waals surface area contributed by atoms with Crippen LogP contribution in [0.25, 0.3) is 15.4 Å². The van der Waals surface area contributed by atoms with Crippen molar-refractivity contribution in [1.82, 2.24) is 4.98 Å². The Morgan fingerprint density at radius 1 is 1.33 bits per heavy atom. The van der Waals surface area contributed by atoms with E-state index < -0.39 is 9.84 Å². The number of nitrogens with zero attached hydrogens (tertiary/aromatic N) is 1. The van der Waals surface area contributed by atoms with E-state index in [0.29, 0.717) is 26.0 Å². The lowest BCUT2D eigenvalue weighted by atomic mass is 10.1. The molecule has 6 heteroatoms. The van der Waals surface area contributed by atoms with Crippen LogP contribution in [0.4, 0.5) is 0 Å². The first-order valence-electron chi connectivity index (χ1n) is 5.11. The lowest BCUT2D eigenvalue weighted by Gasteiger charge is -2.06. The molecule has 0 unspecified atom stereocenters. The molecule has 1 aliphatic rings. The molecule has 3 nitrogen and oxygen atoms in total. The van der Waals surface area contributed by atoms with Gasteiger partial charge >= 0.3 is 0 Å². The first kappa shape index (κ1) is 12.1. The van der Waals surface area contributed by atoms with Crippen LogP contribution in [0.5, 0.6) is 0 Å². The number of aryl methyl sites for hydroxylation is 1.